The fourth-order valence-electron chi connectivity index (χ4n) is 3.56. The first-order chi connectivity index (χ1) is 10.7. The summed E-state index contributed by atoms with van der Waals surface area (Å²) in [6.07, 6.45) is 2.78. The van der Waals surface area contributed by atoms with Crippen molar-refractivity contribution < 1.29 is 19.1 Å². The van der Waals surface area contributed by atoms with Crippen molar-refractivity contribution in [3.63, 3.8) is 0 Å². The van der Waals surface area contributed by atoms with Crippen molar-refractivity contribution in [2.45, 2.75) is 18.1 Å². The van der Waals surface area contributed by atoms with Gasteiger partial charge in [0.15, 0.2) is 0 Å². The van der Waals surface area contributed by atoms with E-state index in [4.69, 9.17) is 9.47 Å². The van der Waals surface area contributed by atoms with Crippen LogP contribution in [0.2, 0.25) is 0 Å². The van der Waals surface area contributed by atoms with Crippen LogP contribution in [0.4, 0.5) is 4.79 Å². The predicted molar refractivity (Wildman–Crippen MR) is 83.4 cm³/mol. The molecule has 0 N–H and O–H groups in total. The van der Waals surface area contributed by atoms with Crippen LogP contribution in [0.3, 0.4) is 0 Å². The number of rotatable bonds is 5. The first-order valence-electron chi connectivity index (χ1n) is 7.34. The lowest BCUT2D eigenvalue weighted by atomic mass is 9.79. The van der Waals surface area contributed by atoms with Crippen LogP contribution in [0.25, 0.3) is 0 Å². The number of carbonyl (C=O) groups excluding carboxylic acids is 2. The van der Waals surface area contributed by atoms with Crippen LogP contribution < -0.4 is 0 Å². The highest BCUT2D eigenvalue weighted by molar-refractivity contribution is 7.99. The monoisotopic (exact) mass is 324 g/mol. The van der Waals surface area contributed by atoms with E-state index in [1.54, 1.807) is 28.8 Å². The van der Waals surface area contributed by atoms with Crippen molar-refractivity contribution in [2.24, 2.45) is 5.92 Å². The minimum absolute atomic E-state index is 0.115. The SMILES string of the molecule is C=CCOC(=O)C1C2CSCC3C2N1CN3C(=O)OCC=C. The molecule has 0 bridgehead atoms. The zero-order valence-electron chi connectivity index (χ0n) is 12.3. The second kappa shape index (κ2) is 6.34. The number of hydrogen-bond acceptors (Lipinski definition) is 6. The van der Waals surface area contributed by atoms with Gasteiger partial charge in [0, 0.05) is 17.7 Å². The Bertz CT molecular complexity index is 476. The van der Waals surface area contributed by atoms with Crippen molar-refractivity contribution in [1.29, 1.82) is 0 Å². The molecule has 0 aromatic heterocycles. The van der Waals surface area contributed by atoms with Crippen LogP contribution in [0.15, 0.2) is 25.3 Å². The van der Waals surface area contributed by atoms with Gasteiger partial charge < -0.3 is 9.47 Å². The minimum Gasteiger partial charge on any atom is -0.460 e. The molecule has 0 aliphatic carbocycles. The van der Waals surface area contributed by atoms with Gasteiger partial charge in [-0.15, -0.1) is 0 Å². The number of hydrogen-bond donors (Lipinski definition) is 0. The molecule has 1 amide bonds. The van der Waals surface area contributed by atoms with E-state index < -0.39 is 0 Å². The predicted octanol–water partition coefficient (Wildman–Crippen LogP) is 1.10. The summed E-state index contributed by atoms with van der Waals surface area (Å²) in [6, 6.07) is 0.112. The Labute approximate surface area is 134 Å². The molecule has 7 heteroatoms. The van der Waals surface area contributed by atoms with Gasteiger partial charge >= 0.3 is 12.1 Å². The number of ether oxygens (including phenoxy) is 2. The molecule has 3 aliphatic heterocycles. The van der Waals surface area contributed by atoms with Gasteiger partial charge in [-0.2, -0.15) is 11.8 Å². The van der Waals surface area contributed by atoms with Crippen LogP contribution in [0.1, 0.15) is 0 Å². The highest BCUT2D eigenvalue weighted by atomic mass is 32.2. The molecule has 4 atom stereocenters. The molecule has 3 heterocycles. The molecular weight excluding hydrogens is 304 g/mol. The average molecular weight is 324 g/mol. The number of carbonyl (C=O) groups is 2. The van der Waals surface area contributed by atoms with Crippen molar-refractivity contribution in [3.8, 4) is 0 Å². The van der Waals surface area contributed by atoms with E-state index in [0.29, 0.717) is 6.67 Å². The first kappa shape index (κ1) is 15.4. The van der Waals surface area contributed by atoms with E-state index in [1.165, 1.54) is 0 Å². The Morgan fingerprint density at radius 1 is 1.18 bits per heavy atom. The standard InChI is InChI=1S/C15H20N2O4S/c1-3-5-20-14(18)13-10-7-22-8-11-12(10)17(13)9-16(11)15(19)21-6-4-2/h3-4,10-13H,1-2,5-9H2. The van der Waals surface area contributed by atoms with Gasteiger partial charge in [-0.05, 0) is 5.75 Å². The third-order valence-corrected chi connectivity index (χ3v) is 5.64. The smallest absolute Gasteiger partial charge is 0.411 e. The van der Waals surface area contributed by atoms with Gasteiger partial charge in [-0.1, -0.05) is 25.3 Å². The lowest BCUT2D eigenvalue weighted by Crippen LogP contribution is -2.69. The fraction of sp³-hybridized carbons (Fsp3) is 0.600. The molecule has 120 valence electrons. The van der Waals surface area contributed by atoms with E-state index in [2.05, 4.69) is 18.1 Å². The highest BCUT2D eigenvalue weighted by Gasteiger charge is 2.63. The third-order valence-electron chi connectivity index (χ3n) is 4.44. The summed E-state index contributed by atoms with van der Waals surface area (Å²) in [6.45, 7) is 7.96. The van der Waals surface area contributed by atoms with Gasteiger partial charge in [0.2, 0.25) is 0 Å². The quantitative estimate of drug-likeness (QED) is 0.557. The first-order valence-corrected chi connectivity index (χ1v) is 8.49. The molecule has 0 aromatic rings. The van der Waals surface area contributed by atoms with Crippen LogP contribution in [-0.4, -0.2) is 71.4 Å². The van der Waals surface area contributed by atoms with Crippen LogP contribution in [0, 0.1) is 5.92 Å². The summed E-state index contributed by atoms with van der Waals surface area (Å²) in [4.78, 5) is 28.2. The molecule has 22 heavy (non-hydrogen) atoms. The Balaban J connectivity index is 1.69. The highest BCUT2D eigenvalue weighted by Crippen LogP contribution is 2.47. The van der Waals surface area contributed by atoms with Crippen molar-refractivity contribution >= 4 is 23.8 Å². The van der Waals surface area contributed by atoms with E-state index >= 15 is 0 Å². The van der Waals surface area contributed by atoms with Crippen LogP contribution in [-0.2, 0) is 14.3 Å². The molecular formula is C15H20N2O4S. The maximum absolute atomic E-state index is 12.2. The molecule has 3 saturated heterocycles. The van der Waals surface area contributed by atoms with E-state index in [0.717, 1.165) is 11.5 Å². The number of nitrogens with zero attached hydrogens (tertiary/aromatic N) is 2. The topological polar surface area (TPSA) is 59.1 Å². The summed E-state index contributed by atoms with van der Waals surface area (Å²) in [5, 5.41) is 0. The normalized spacial score (nSPS) is 32.6. The molecule has 3 aliphatic rings. The second-order valence-corrected chi connectivity index (χ2v) is 6.69. The molecule has 0 spiro atoms. The summed E-state index contributed by atoms with van der Waals surface area (Å²) >= 11 is 1.78. The summed E-state index contributed by atoms with van der Waals surface area (Å²) < 4.78 is 10.4. The zero-order valence-corrected chi connectivity index (χ0v) is 13.2. The van der Waals surface area contributed by atoms with Crippen molar-refractivity contribution in [1.82, 2.24) is 9.80 Å². The van der Waals surface area contributed by atoms with Gasteiger partial charge in [0.05, 0.1) is 12.7 Å². The average Bonchev–Trinajstić information content (AvgIpc) is 2.87. The number of esters is 1. The van der Waals surface area contributed by atoms with Gasteiger partial charge in [0.1, 0.15) is 19.3 Å². The second-order valence-electron chi connectivity index (χ2n) is 5.61. The molecule has 4 unspecified atom stereocenters. The fourth-order valence-corrected chi connectivity index (χ4v) is 4.97. The Morgan fingerprint density at radius 2 is 1.91 bits per heavy atom. The van der Waals surface area contributed by atoms with E-state index in [1.807, 2.05) is 0 Å². The lowest BCUT2D eigenvalue weighted by molar-refractivity contribution is -0.162. The maximum Gasteiger partial charge on any atom is 0.411 e. The van der Waals surface area contributed by atoms with Crippen molar-refractivity contribution in [2.75, 3.05) is 31.4 Å². The number of thioether (sulfide) groups is 1. The van der Waals surface area contributed by atoms with E-state index in [-0.39, 0.29) is 49.3 Å². The van der Waals surface area contributed by atoms with Gasteiger partial charge in [-0.25, -0.2) is 4.79 Å². The lowest BCUT2D eigenvalue weighted by Gasteiger charge is -2.52. The van der Waals surface area contributed by atoms with Crippen LogP contribution >= 0.6 is 11.8 Å². The third kappa shape index (κ3) is 2.42. The summed E-state index contributed by atoms with van der Waals surface area (Å²) in [5.74, 6) is 1.85. The van der Waals surface area contributed by atoms with Gasteiger partial charge in [-0.3, -0.25) is 14.6 Å². The molecule has 6 nitrogen and oxygen atoms in total. The van der Waals surface area contributed by atoms with Crippen molar-refractivity contribution in [3.05, 3.63) is 25.3 Å². The number of amides is 1. The summed E-state index contributed by atoms with van der Waals surface area (Å²) in [7, 11) is 0. The molecule has 0 radical (unpaired) electrons. The van der Waals surface area contributed by atoms with E-state index in [9.17, 15) is 9.59 Å². The Kier molecular flexibility index (Phi) is 4.44. The largest absolute Gasteiger partial charge is 0.460 e. The maximum atomic E-state index is 12.2. The molecule has 0 aromatic carbocycles. The summed E-state index contributed by atoms with van der Waals surface area (Å²) in [5.41, 5.74) is 0. The molecule has 3 rings (SSSR count). The Hall–Kier alpha value is -1.47. The van der Waals surface area contributed by atoms with Gasteiger partial charge in [0.25, 0.3) is 0 Å². The van der Waals surface area contributed by atoms with Crippen LogP contribution in [0.5, 0.6) is 0 Å². The minimum atomic E-state index is -0.334. The Morgan fingerprint density at radius 3 is 2.64 bits per heavy atom. The molecule has 0 saturated carbocycles. The molecule has 3 fully saturated rings. The zero-order chi connectivity index (χ0) is 15.7.